The normalized spacial score (nSPS) is 13.6. The number of halogens is 1. The van der Waals surface area contributed by atoms with Crippen LogP contribution in [0.4, 0.5) is 5.69 Å². The molecule has 2 atom stereocenters. The van der Waals surface area contributed by atoms with E-state index in [1.807, 2.05) is 25.1 Å². The summed E-state index contributed by atoms with van der Waals surface area (Å²) in [6.45, 7) is 2.25. The Morgan fingerprint density at radius 2 is 1.91 bits per heavy atom. The van der Waals surface area contributed by atoms with Crippen LogP contribution in [0.3, 0.4) is 0 Å². The Labute approximate surface area is 133 Å². The zero-order valence-electron chi connectivity index (χ0n) is 12.1. The van der Waals surface area contributed by atoms with Crippen LogP contribution in [0.1, 0.15) is 30.2 Å². The van der Waals surface area contributed by atoms with Crippen LogP contribution in [0.5, 0.6) is 0 Å². The first-order chi connectivity index (χ1) is 10.5. The van der Waals surface area contributed by atoms with Crippen molar-refractivity contribution in [1.29, 1.82) is 0 Å². The van der Waals surface area contributed by atoms with Gasteiger partial charge in [0.15, 0.2) is 0 Å². The minimum atomic E-state index is -0.818. The number of nitrogens with one attached hydrogen (secondary N) is 1. The molecule has 0 fully saturated rings. The fourth-order valence-electron chi connectivity index (χ4n) is 2.15. The molecular formula is C16H17ClN2O3. The van der Waals surface area contributed by atoms with Gasteiger partial charge in [0.25, 0.3) is 5.69 Å². The molecule has 0 saturated carbocycles. The Balaban J connectivity index is 1.99. The molecule has 22 heavy (non-hydrogen) atoms. The van der Waals surface area contributed by atoms with Gasteiger partial charge in [-0.3, -0.25) is 10.1 Å². The maximum atomic E-state index is 10.8. The van der Waals surface area contributed by atoms with Gasteiger partial charge in [0, 0.05) is 29.7 Å². The van der Waals surface area contributed by atoms with Crippen LogP contribution < -0.4 is 5.32 Å². The van der Waals surface area contributed by atoms with Gasteiger partial charge >= 0.3 is 0 Å². The van der Waals surface area contributed by atoms with Crippen LogP contribution in [0.2, 0.25) is 5.02 Å². The molecule has 0 aliphatic heterocycles. The lowest BCUT2D eigenvalue weighted by molar-refractivity contribution is -0.385. The molecule has 0 aliphatic carbocycles. The lowest BCUT2D eigenvalue weighted by atomic mass is 10.1. The summed E-state index contributed by atoms with van der Waals surface area (Å²) in [4.78, 5) is 10.3. The summed E-state index contributed by atoms with van der Waals surface area (Å²) in [6.07, 6.45) is -0.818. The average molecular weight is 321 g/mol. The van der Waals surface area contributed by atoms with Gasteiger partial charge in [-0.1, -0.05) is 35.9 Å². The number of nitrogens with zero attached hydrogens (tertiary/aromatic N) is 1. The fourth-order valence-corrected chi connectivity index (χ4v) is 2.34. The predicted molar refractivity (Wildman–Crippen MR) is 85.9 cm³/mol. The number of aliphatic hydroxyl groups is 1. The highest BCUT2D eigenvalue weighted by atomic mass is 35.5. The smallest absolute Gasteiger partial charge is 0.269 e. The summed E-state index contributed by atoms with van der Waals surface area (Å²) in [5.74, 6) is 0. The Morgan fingerprint density at radius 1 is 1.23 bits per heavy atom. The third kappa shape index (κ3) is 4.27. The molecule has 0 bridgehead atoms. The van der Waals surface area contributed by atoms with Gasteiger partial charge in [-0.25, -0.2) is 0 Å². The highest BCUT2D eigenvalue weighted by molar-refractivity contribution is 6.30. The molecule has 2 aromatic rings. The Morgan fingerprint density at radius 3 is 2.59 bits per heavy atom. The van der Waals surface area contributed by atoms with E-state index in [0.717, 1.165) is 5.56 Å². The average Bonchev–Trinajstić information content (AvgIpc) is 2.52. The molecular weight excluding hydrogens is 304 g/mol. The zero-order valence-corrected chi connectivity index (χ0v) is 12.8. The maximum Gasteiger partial charge on any atom is 0.269 e. The van der Waals surface area contributed by atoms with Crippen LogP contribution >= 0.6 is 11.6 Å². The van der Waals surface area contributed by atoms with E-state index in [1.165, 1.54) is 12.1 Å². The van der Waals surface area contributed by atoms with Crippen LogP contribution in [0, 0.1) is 10.1 Å². The molecule has 0 saturated heterocycles. The molecule has 0 aromatic heterocycles. The van der Waals surface area contributed by atoms with Crippen molar-refractivity contribution in [2.24, 2.45) is 0 Å². The monoisotopic (exact) mass is 320 g/mol. The van der Waals surface area contributed by atoms with Crippen LogP contribution in [0.25, 0.3) is 0 Å². The second-order valence-corrected chi connectivity index (χ2v) is 5.49. The number of non-ortho nitro benzene ring substituents is 1. The number of nitro groups is 1. The number of nitro benzene ring substituents is 1. The van der Waals surface area contributed by atoms with Crippen molar-refractivity contribution in [3.05, 3.63) is 74.8 Å². The van der Waals surface area contributed by atoms with Crippen molar-refractivity contribution < 1.29 is 10.0 Å². The van der Waals surface area contributed by atoms with Crippen LogP contribution in [-0.2, 0) is 0 Å². The highest BCUT2D eigenvalue weighted by Crippen LogP contribution is 2.21. The standard InChI is InChI=1S/C16H17ClN2O3/c1-11(12-4-2-6-14(17)8-12)18-10-16(20)13-5-3-7-15(9-13)19(21)22/h2-9,11,16,18,20H,10H2,1H3. The maximum absolute atomic E-state index is 10.8. The summed E-state index contributed by atoms with van der Waals surface area (Å²) < 4.78 is 0. The lowest BCUT2D eigenvalue weighted by Crippen LogP contribution is -2.24. The van der Waals surface area contributed by atoms with E-state index < -0.39 is 11.0 Å². The molecule has 0 radical (unpaired) electrons. The van der Waals surface area contributed by atoms with Crippen molar-refractivity contribution >= 4 is 17.3 Å². The van der Waals surface area contributed by atoms with Crippen molar-refractivity contribution in [2.75, 3.05) is 6.54 Å². The van der Waals surface area contributed by atoms with E-state index in [2.05, 4.69) is 5.32 Å². The first-order valence-corrected chi connectivity index (χ1v) is 7.26. The second-order valence-electron chi connectivity index (χ2n) is 5.05. The molecule has 5 nitrogen and oxygen atoms in total. The Kier molecular flexibility index (Phi) is 5.49. The molecule has 116 valence electrons. The number of rotatable bonds is 6. The summed E-state index contributed by atoms with van der Waals surface area (Å²) in [6, 6.07) is 13.5. The second kappa shape index (κ2) is 7.35. The molecule has 2 aromatic carbocycles. The minimum absolute atomic E-state index is 0.00653. The van der Waals surface area contributed by atoms with Crippen molar-refractivity contribution in [2.45, 2.75) is 19.1 Å². The molecule has 0 spiro atoms. The zero-order chi connectivity index (χ0) is 16.1. The van der Waals surface area contributed by atoms with E-state index in [4.69, 9.17) is 11.6 Å². The fraction of sp³-hybridized carbons (Fsp3) is 0.250. The molecule has 2 unspecified atom stereocenters. The minimum Gasteiger partial charge on any atom is -0.387 e. The predicted octanol–water partition coefficient (Wildman–Crippen LogP) is 3.63. The molecule has 6 heteroatoms. The number of hydrogen-bond acceptors (Lipinski definition) is 4. The Bertz CT molecular complexity index is 663. The molecule has 0 heterocycles. The van der Waals surface area contributed by atoms with E-state index in [9.17, 15) is 15.2 Å². The third-order valence-corrected chi connectivity index (χ3v) is 3.67. The van der Waals surface area contributed by atoms with Crippen molar-refractivity contribution in [3.8, 4) is 0 Å². The van der Waals surface area contributed by atoms with Gasteiger partial charge in [-0.2, -0.15) is 0 Å². The number of hydrogen-bond donors (Lipinski definition) is 2. The van der Waals surface area contributed by atoms with Gasteiger partial charge in [0.05, 0.1) is 11.0 Å². The highest BCUT2D eigenvalue weighted by Gasteiger charge is 2.14. The van der Waals surface area contributed by atoms with Crippen molar-refractivity contribution in [1.82, 2.24) is 5.32 Å². The molecule has 2 N–H and O–H groups in total. The molecule has 2 rings (SSSR count). The topological polar surface area (TPSA) is 75.4 Å². The molecule has 0 amide bonds. The SMILES string of the molecule is CC(NCC(O)c1cccc([N+](=O)[O-])c1)c1cccc(Cl)c1. The first-order valence-electron chi connectivity index (χ1n) is 6.88. The summed E-state index contributed by atoms with van der Waals surface area (Å²) in [5, 5.41) is 24.8. The van der Waals surface area contributed by atoms with Gasteiger partial charge in [0.2, 0.25) is 0 Å². The largest absolute Gasteiger partial charge is 0.387 e. The van der Waals surface area contributed by atoms with Gasteiger partial charge < -0.3 is 10.4 Å². The third-order valence-electron chi connectivity index (χ3n) is 3.43. The summed E-state index contributed by atoms with van der Waals surface area (Å²) in [5.41, 5.74) is 1.50. The van der Waals surface area contributed by atoms with Gasteiger partial charge in [-0.15, -0.1) is 0 Å². The number of benzene rings is 2. The quantitative estimate of drug-likeness (QED) is 0.629. The van der Waals surface area contributed by atoms with Gasteiger partial charge in [-0.05, 0) is 30.2 Å². The van der Waals surface area contributed by atoms with Crippen LogP contribution in [-0.4, -0.2) is 16.6 Å². The van der Waals surface area contributed by atoms with E-state index in [1.54, 1.807) is 18.2 Å². The van der Waals surface area contributed by atoms with E-state index in [0.29, 0.717) is 10.6 Å². The van der Waals surface area contributed by atoms with Crippen LogP contribution in [0.15, 0.2) is 48.5 Å². The van der Waals surface area contributed by atoms with Gasteiger partial charge in [0.1, 0.15) is 0 Å². The summed E-state index contributed by atoms with van der Waals surface area (Å²) >= 11 is 5.95. The van der Waals surface area contributed by atoms with E-state index in [-0.39, 0.29) is 18.3 Å². The van der Waals surface area contributed by atoms with E-state index >= 15 is 0 Å². The number of aliphatic hydroxyl groups excluding tert-OH is 1. The lowest BCUT2D eigenvalue weighted by Gasteiger charge is -2.18. The first kappa shape index (κ1) is 16.4. The van der Waals surface area contributed by atoms with Crippen molar-refractivity contribution in [3.63, 3.8) is 0 Å². The molecule has 0 aliphatic rings. The summed E-state index contributed by atoms with van der Waals surface area (Å²) in [7, 11) is 0. The Hall–Kier alpha value is -1.95.